The van der Waals surface area contributed by atoms with E-state index < -0.39 is 11.2 Å². The van der Waals surface area contributed by atoms with Gasteiger partial charge in [0.15, 0.2) is 0 Å². The molecular weight excluding hydrogens is 317 g/mol. The molecule has 0 bridgehead atoms. The van der Waals surface area contributed by atoms with Crippen LogP contribution in [0.2, 0.25) is 5.02 Å². The Bertz CT molecular complexity index is 768. The van der Waals surface area contributed by atoms with Crippen LogP contribution in [0.1, 0.15) is 30.5 Å². The summed E-state index contributed by atoms with van der Waals surface area (Å²) >= 11 is 6.09. The highest BCUT2D eigenvalue weighted by Gasteiger charge is 2.44. The van der Waals surface area contributed by atoms with Crippen molar-refractivity contribution in [2.75, 3.05) is 4.90 Å². The van der Waals surface area contributed by atoms with E-state index in [1.165, 1.54) is 12.1 Å². The molecule has 0 saturated heterocycles. The summed E-state index contributed by atoms with van der Waals surface area (Å²) in [6.07, 6.45) is 0. The molecule has 2 aromatic carbocycles. The first-order valence-electron chi connectivity index (χ1n) is 7.35. The number of aliphatic hydroxyl groups excluding tert-OH is 1. The van der Waals surface area contributed by atoms with Crippen LogP contribution in [0, 0.1) is 5.82 Å². The maximum Gasteiger partial charge on any atom is 0.237 e. The van der Waals surface area contributed by atoms with Crippen LogP contribution >= 0.6 is 11.6 Å². The molecule has 0 aromatic heterocycles. The van der Waals surface area contributed by atoms with Crippen LogP contribution in [0.25, 0.3) is 0 Å². The van der Waals surface area contributed by atoms with Crippen LogP contribution in [-0.2, 0) is 23.4 Å². The number of carbonyl (C=O) groups is 1. The number of amides is 1. The molecule has 5 heteroatoms. The molecule has 0 atom stereocenters. The topological polar surface area (TPSA) is 40.5 Å². The van der Waals surface area contributed by atoms with Crippen molar-refractivity contribution in [1.82, 2.24) is 0 Å². The summed E-state index contributed by atoms with van der Waals surface area (Å²) in [4.78, 5) is 14.3. The zero-order valence-electron chi connectivity index (χ0n) is 12.9. The number of hydrogen-bond acceptors (Lipinski definition) is 2. The van der Waals surface area contributed by atoms with Gasteiger partial charge in [0.2, 0.25) is 5.91 Å². The molecule has 120 valence electrons. The fraction of sp³-hybridized carbons (Fsp3) is 0.278. The van der Waals surface area contributed by atoms with Gasteiger partial charge in [0.25, 0.3) is 0 Å². The van der Waals surface area contributed by atoms with Gasteiger partial charge in [-0.25, -0.2) is 4.39 Å². The lowest BCUT2D eigenvalue weighted by Gasteiger charge is -2.21. The number of fused-ring (bicyclic) bond motifs is 1. The molecule has 23 heavy (non-hydrogen) atoms. The summed E-state index contributed by atoms with van der Waals surface area (Å²) in [6, 6.07) is 9.90. The number of hydrogen-bond donors (Lipinski definition) is 1. The molecule has 2 aromatic rings. The van der Waals surface area contributed by atoms with Gasteiger partial charge in [-0.15, -0.1) is 0 Å². The average Bonchev–Trinajstić information content (AvgIpc) is 2.71. The Morgan fingerprint density at radius 1 is 1.26 bits per heavy atom. The maximum atomic E-state index is 14.1. The number of aliphatic hydroxyl groups is 1. The zero-order chi connectivity index (χ0) is 16.8. The first-order valence-corrected chi connectivity index (χ1v) is 7.73. The minimum Gasteiger partial charge on any atom is -0.392 e. The van der Waals surface area contributed by atoms with Crippen molar-refractivity contribution < 1.29 is 14.3 Å². The molecule has 0 unspecified atom stereocenters. The first-order chi connectivity index (χ1) is 10.9. The van der Waals surface area contributed by atoms with Gasteiger partial charge in [-0.3, -0.25) is 4.79 Å². The van der Waals surface area contributed by atoms with E-state index in [9.17, 15) is 14.3 Å². The molecule has 0 aliphatic carbocycles. The number of rotatable bonds is 3. The molecule has 0 spiro atoms. The third-order valence-corrected chi connectivity index (χ3v) is 4.72. The van der Waals surface area contributed by atoms with Crippen molar-refractivity contribution in [2.45, 2.75) is 32.4 Å². The molecule has 0 fully saturated rings. The van der Waals surface area contributed by atoms with Gasteiger partial charge < -0.3 is 10.0 Å². The van der Waals surface area contributed by atoms with Crippen molar-refractivity contribution >= 4 is 23.2 Å². The molecule has 1 amide bonds. The van der Waals surface area contributed by atoms with Crippen LogP contribution in [0.3, 0.4) is 0 Å². The van der Waals surface area contributed by atoms with Crippen LogP contribution in [-0.4, -0.2) is 11.0 Å². The van der Waals surface area contributed by atoms with E-state index in [0.29, 0.717) is 21.8 Å². The van der Waals surface area contributed by atoms with Crippen LogP contribution < -0.4 is 4.90 Å². The molecule has 3 rings (SSSR count). The lowest BCUT2D eigenvalue weighted by atomic mass is 9.86. The quantitative estimate of drug-likeness (QED) is 0.928. The second kappa shape index (κ2) is 5.62. The van der Waals surface area contributed by atoms with E-state index in [1.54, 1.807) is 23.1 Å². The Balaban J connectivity index is 2.09. The standard InChI is InChI=1S/C18H17ClFNO2/c1-18(2)13-7-6-11(10-22)8-16(13)21(17(18)23)9-12-14(19)4-3-5-15(12)20/h3-8,22H,9-10H2,1-2H3. The van der Waals surface area contributed by atoms with Gasteiger partial charge in [0.05, 0.1) is 18.6 Å². The molecule has 0 saturated carbocycles. The highest BCUT2D eigenvalue weighted by atomic mass is 35.5. The zero-order valence-corrected chi connectivity index (χ0v) is 13.7. The van der Waals surface area contributed by atoms with E-state index >= 15 is 0 Å². The Kier molecular flexibility index (Phi) is 3.90. The van der Waals surface area contributed by atoms with E-state index in [4.69, 9.17) is 11.6 Å². The number of carbonyl (C=O) groups excluding carboxylic acids is 1. The van der Waals surface area contributed by atoms with Crippen molar-refractivity contribution in [3.8, 4) is 0 Å². The van der Waals surface area contributed by atoms with Crippen molar-refractivity contribution in [2.24, 2.45) is 0 Å². The number of anilines is 1. The summed E-state index contributed by atoms with van der Waals surface area (Å²) in [5.74, 6) is -0.545. The van der Waals surface area contributed by atoms with Gasteiger partial charge >= 0.3 is 0 Å². The monoisotopic (exact) mass is 333 g/mol. The first kappa shape index (κ1) is 16.0. The number of benzene rings is 2. The van der Waals surface area contributed by atoms with Crippen molar-refractivity contribution in [3.05, 3.63) is 63.9 Å². The predicted octanol–water partition coefficient (Wildman–Crippen LogP) is 3.80. The largest absolute Gasteiger partial charge is 0.392 e. The molecule has 1 aliphatic heterocycles. The minimum absolute atomic E-state index is 0.0651. The van der Waals surface area contributed by atoms with Gasteiger partial charge in [-0.05, 0) is 43.2 Å². The summed E-state index contributed by atoms with van der Waals surface area (Å²) in [5, 5.41) is 9.64. The molecule has 1 heterocycles. The number of nitrogens with zero attached hydrogens (tertiary/aromatic N) is 1. The predicted molar refractivity (Wildman–Crippen MR) is 88.0 cm³/mol. The van der Waals surface area contributed by atoms with Crippen LogP contribution in [0.4, 0.5) is 10.1 Å². The lowest BCUT2D eigenvalue weighted by molar-refractivity contribution is -0.122. The minimum atomic E-state index is -0.693. The average molecular weight is 334 g/mol. The normalized spacial score (nSPS) is 15.9. The summed E-state index contributed by atoms with van der Waals surface area (Å²) in [5.41, 5.74) is 1.87. The van der Waals surface area contributed by atoms with Crippen molar-refractivity contribution in [3.63, 3.8) is 0 Å². The van der Waals surface area contributed by atoms with E-state index in [1.807, 2.05) is 19.9 Å². The molecule has 1 aliphatic rings. The molecule has 0 radical (unpaired) electrons. The maximum absolute atomic E-state index is 14.1. The summed E-state index contributed by atoms with van der Waals surface area (Å²) in [6.45, 7) is 3.64. The van der Waals surface area contributed by atoms with E-state index in [2.05, 4.69) is 0 Å². The SMILES string of the molecule is CC1(C)C(=O)N(Cc2c(F)cccc2Cl)c2cc(CO)ccc21. The highest BCUT2D eigenvalue weighted by Crippen LogP contribution is 2.43. The lowest BCUT2D eigenvalue weighted by Crippen LogP contribution is -2.36. The Labute approximate surface area is 139 Å². The Hall–Kier alpha value is -1.91. The summed E-state index contributed by atoms with van der Waals surface area (Å²) < 4.78 is 14.1. The van der Waals surface area contributed by atoms with E-state index in [-0.39, 0.29) is 19.1 Å². The van der Waals surface area contributed by atoms with Gasteiger partial charge in [0.1, 0.15) is 5.82 Å². The second-order valence-corrected chi connectivity index (χ2v) is 6.63. The van der Waals surface area contributed by atoms with E-state index in [0.717, 1.165) is 5.56 Å². The molecule has 1 N–H and O–H groups in total. The second-order valence-electron chi connectivity index (χ2n) is 6.23. The third kappa shape index (κ3) is 2.52. The van der Waals surface area contributed by atoms with Gasteiger partial charge in [0, 0.05) is 16.3 Å². The smallest absolute Gasteiger partial charge is 0.237 e. The Morgan fingerprint density at radius 2 is 2.00 bits per heavy atom. The van der Waals surface area contributed by atoms with Gasteiger partial charge in [-0.2, -0.15) is 0 Å². The Morgan fingerprint density at radius 3 is 2.65 bits per heavy atom. The molecule has 3 nitrogen and oxygen atoms in total. The fourth-order valence-corrected chi connectivity index (χ4v) is 3.21. The van der Waals surface area contributed by atoms with Crippen LogP contribution in [0.15, 0.2) is 36.4 Å². The fourth-order valence-electron chi connectivity index (χ4n) is 2.99. The highest BCUT2D eigenvalue weighted by molar-refractivity contribution is 6.31. The number of halogens is 2. The molecular formula is C18H17ClFNO2. The van der Waals surface area contributed by atoms with Crippen molar-refractivity contribution in [1.29, 1.82) is 0 Å². The van der Waals surface area contributed by atoms with Crippen LogP contribution in [0.5, 0.6) is 0 Å². The summed E-state index contributed by atoms with van der Waals surface area (Å²) in [7, 11) is 0. The van der Waals surface area contributed by atoms with Gasteiger partial charge in [-0.1, -0.05) is 29.8 Å². The third-order valence-electron chi connectivity index (χ3n) is 4.37.